The highest BCUT2D eigenvalue weighted by Crippen LogP contribution is 2.20. The van der Waals surface area contributed by atoms with E-state index in [1.165, 1.54) is 16.8 Å². The molecule has 3 heteroatoms. The molecule has 3 rings (SSSR count). The maximum atomic E-state index is 4.54. The Labute approximate surface area is 131 Å². The van der Waals surface area contributed by atoms with Crippen molar-refractivity contribution < 1.29 is 0 Å². The van der Waals surface area contributed by atoms with Gasteiger partial charge in [0, 0.05) is 23.8 Å². The smallest absolute Gasteiger partial charge is 0.0648 e. The van der Waals surface area contributed by atoms with E-state index in [0.717, 1.165) is 12.2 Å². The Kier molecular flexibility index (Phi) is 4.35. The molecule has 0 bridgehead atoms. The molecule has 22 heavy (non-hydrogen) atoms. The molecule has 0 aliphatic carbocycles. The molecule has 1 atom stereocenters. The number of nitrogens with one attached hydrogen (secondary N) is 1. The first-order valence-electron chi connectivity index (χ1n) is 7.63. The minimum atomic E-state index is 0.262. The normalized spacial score (nSPS) is 12.3. The summed E-state index contributed by atoms with van der Waals surface area (Å²) in [6.07, 6.45) is 1.96. The van der Waals surface area contributed by atoms with Crippen LogP contribution in [0.3, 0.4) is 0 Å². The third kappa shape index (κ3) is 3.10. The van der Waals surface area contributed by atoms with E-state index in [0.29, 0.717) is 0 Å². The van der Waals surface area contributed by atoms with Gasteiger partial charge in [0.2, 0.25) is 0 Å². The molecule has 0 spiro atoms. The lowest BCUT2D eigenvalue weighted by Gasteiger charge is -2.14. The molecule has 0 radical (unpaired) electrons. The molecule has 2 aromatic carbocycles. The van der Waals surface area contributed by atoms with Gasteiger partial charge in [-0.1, -0.05) is 48.5 Å². The molecule has 0 saturated carbocycles. The van der Waals surface area contributed by atoms with E-state index >= 15 is 0 Å². The molecule has 0 aliphatic heterocycles. The van der Waals surface area contributed by atoms with E-state index in [2.05, 4.69) is 60.7 Å². The highest BCUT2D eigenvalue weighted by molar-refractivity contribution is 5.35. The fourth-order valence-corrected chi connectivity index (χ4v) is 2.65. The summed E-state index contributed by atoms with van der Waals surface area (Å²) in [6, 6.07) is 21.0. The van der Waals surface area contributed by atoms with Crippen molar-refractivity contribution in [1.29, 1.82) is 0 Å². The zero-order valence-corrected chi connectivity index (χ0v) is 13.0. The summed E-state index contributed by atoms with van der Waals surface area (Å²) in [6.45, 7) is 5.16. The van der Waals surface area contributed by atoms with Gasteiger partial charge < -0.3 is 5.32 Å². The monoisotopic (exact) mass is 291 g/mol. The quantitative estimate of drug-likeness (QED) is 0.769. The fraction of sp³-hybridized carbons (Fsp3) is 0.211. The van der Waals surface area contributed by atoms with Crippen LogP contribution in [0.5, 0.6) is 0 Å². The Morgan fingerprint density at radius 3 is 2.32 bits per heavy atom. The van der Waals surface area contributed by atoms with Gasteiger partial charge in [-0.05, 0) is 31.5 Å². The highest BCUT2D eigenvalue weighted by atomic mass is 15.3. The molecule has 0 saturated heterocycles. The number of nitrogens with zero attached hydrogens (tertiary/aromatic N) is 2. The first kappa shape index (κ1) is 14.5. The molecule has 0 aliphatic rings. The number of benzene rings is 2. The average Bonchev–Trinajstić information content (AvgIpc) is 2.96. The standard InChI is InChI=1S/C19H21N3/c1-15(20-13-17-9-5-3-6-10-17)19-14-21-22(16(19)2)18-11-7-4-8-12-18/h3-12,14-15,20H,13H2,1-2H3/t15-/m1/s1. The van der Waals surface area contributed by atoms with E-state index in [4.69, 9.17) is 0 Å². The average molecular weight is 291 g/mol. The SMILES string of the molecule is Cc1c([C@@H](C)NCc2ccccc2)cnn1-c1ccccc1. The van der Waals surface area contributed by atoms with Crippen molar-refractivity contribution in [2.24, 2.45) is 0 Å². The van der Waals surface area contributed by atoms with E-state index in [1.807, 2.05) is 35.1 Å². The summed E-state index contributed by atoms with van der Waals surface area (Å²) in [5.41, 5.74) is 4.81. The summed E-state index contributed by atoms with van der Waals surface area (Å²) in [5.74, 6) is 0. The Balaban J connectivity index is 1.74. The predicted molar refractivity (Wildman–Crippen MR) is 90.0 cm³/mol. The maximum absolute atomic E-state index is 4.54. The van der Waals surface area contributed by atoms with Crippen LogP contribution in [0.1, 0.15) is 29.8 Å². The van der Waals surface area contributed by atoms with Crippen molar-refractivity contribution >= 4 is 0 Å². The van der Waals surface area contributed by atoms with Crippen molar-refractivity contribution in [3.63, 3.8) is 0 Å². The zero-order valence-electron chi connectivity index (χ0n) is 13.0. The summed E-state index contributed by atoms with van der Waals surface area (Å²) >= 11 is 0. The van der Waals surface area contributed by atoms with Gasteiger partial charge in [-0.3, -0.25) is 0 Å². The Hall–Kier alpha value is -2.39. The number of aromatic nitrogens is 2. The second-order valence-corrected chi connectivity index (χ2v) is 5.52. The summed E-state index contributed by atoms with van der Waals surface area (Å²) < 4.78 is 2.00. The second-order valence-electron chi connectivity index (χ2n) is 5.52. The Morgan fingerprint density at radius 1 is 1.00 bits per heavy atom. The molecule has 0 amide bonds. The first-order valence-corrected chi connectivity index (χ1v) is 7.63. The molecule has 0 fully saturated rings. The third-order valence-electron chi connectivity index (χ3n) is 3.97. The molecule has 1 N–H and O–H groups in total. The lowest BCUT2D eigenvalue weighted by Crippen LogP contribution is -2.18. The lowest BCUT2D eigenvalue weighted by molar-refractivity contribution is 0.571. The Bertz CT molecular complexity index is 717. The second kappa shape index (κ2) is 6.58. The van der Waals surface area contributed by atoms with E-state index in [9.17, 15) is 0 Å². The molecule has 1 aromatic heterocycles. The summed E-state index contributed by atoms with van der Waals surface area (Å²) in [4.78, 5) is 0. The van der Waals surface area contributed by atoms with Crippen LogP contribution in [0.4, 0.5) is 0 Å². The van der Waals surface area contributed by atoms with E-state index < -0.39 is 0 Å². The van der Waals surface area contributed by atoms with Gasteiger partial charge in [0.1, 0.15) is 0 Å². The molecule has 112 valence electrons. The zero-order chi connectivity index (χ0) is 15.4. The highest BCUT2D eigenvalue weighted by Gasteiger charge is 2.13. The summed E-state index contributed by atoms with van der Waals surface area (Å²) in [5, 5.41) is 8.11. The molecule has 3 nitrogen and oxygen atoms in total. The number of hydrogen-bond donors (Lipinski definition) is 1. The molecular weight excluding hydrogens is 270 g/mol. The van der Waals surface area contributed by atoms with E-state index in [1.54, 1.807) is 0 Å². The van der Waals surface area contributed by atoms with Crippen LogP contribution < -0.4 is 5.32 Å². The van der Waals surface area contributed by atoms with Crippen LogP contribution in [0.15, 0.2) is 66.9 Å². The topological polar surface area (TPSA) is 29.9 Å². The number of hydrogen-bond acceptors (Lipinski definition) is 2. The van der Waals surface area contributed by atoms with Crippen LogP contribution in [-0.4, -0.2) is 9.78 Å². The lowest BCUT2D eigenvalue weighted by atomic mass is 10.1. The molecule has 1 heterocycles. The van der Waals surface area contributed by atoms with Crippen LogP contribution in [0.2, 0.25) is 0 Å². The minimum absolute atomic E-state index is 0.262. The predicted octanol–water partition coefficient (Wildman–Crippen LogP) is 4.03. The van der Waals surface area contributed by atoms with Crippen LogP contribution in [0, 0.1) is 6.92 Å². The van der Waals surface area contributed by atoms with Gasteiger partial charge in [-0.2, -0.15) is 5.10 Å². The van der Waals surface area contributed by atoms with Crippen molar-refractivity contribution in [1.82, 2.24) is 15.1 Å². The van der Waals surface area contributed by atoms with E-state index in [-0.39, 0.29) is 6.04 Å². The number of para-hydroxylation sites is 1. The van der Waals surface area contributed by atoms with Crippen molar-refractivity contribution in [3.8, 4) is 5.69 Å². The van der Waals surface area contributed by atoms with Gasteiger partial charge in [-0.25, -0.2) is 4.68 Å². The van der Waals surface area contributed by atoms with Crippen LogP contribution in [0.25, 0.3) is 5.69 Å². The molecule has 0 unspecified atom stereocenters. The fourth-order valence-electron chi connectivity index (χ4n) is 2.65. The first-order chi connectivity index (χ1) is 10.8. The van der Waals surface area contributed by atoms with Gasteiger partial charge in [0.15, 0.2) is 0 Å². The largest absolute Gasteiger partial charge is 0.306 e. The van der Waals surface area contributed by atoms with Gasteiger partial charge >= 0.3 is 0 Å². The van der Waals surface area contributed by atoms with Gasteiger partial charge in [-0.15, -0.1) is 0 Å². The molecule has 3 aromatic rings. The third-order valence-corrected chi connectivity index (χ3v) is 3.97. The van der Waals surface area contributed by atoms with Crippen molar-refractivity contribution in [2.75, 3.05) is 0 Å². The molecular formula is C19H21N3. The summed E-state index contributed by atoms with van der Waals surface area (Å²) in [7, 11) is 0. The van der Waals surface area contributed by atoms with Crippen molar-refractivity contribution in [3.05, 3.63) is 83.7 Å². The minimum Gasteiger partial charge on any atom is -0.306 e. The van der Waals surface area contributed by atoms with Crippen LogP contribution >= 0.6 is 0 Å². The maximum Gasteiger partial charge on any atom is 0.0648 e. The number of rotatable bonds is 5. The van der Waals surface area contributed by atoms with Gasteiger partial charge in [0.25, 0.3) is 0 Å². The van der Waals surface area contributed by atoms with Crippen molar-refractivity contribution in [2.45, 2.75) is 26.4 Å². The van der Waals surface area contributed by atoms with Crippen LogP contribution in [-0.2, 0) is 6.54 Å². The van der Waals surface area contributed by atoms with Gasteiger partial charge in [0.05, 0.1) is 11.9 Å². The Morgan fingerprint density at radius 2 is 1.64 bits per heavy atom.